The molecule has 0 heterocycles. The molecule has 0 bridgehead atoms. The number of carbonyl (C=O) groups is 2. The van der Waals surface area contributed by atoms with Crippen LogP contribution in [0.5, 0.6) is 5.75 Å². The molecule has 2 rings (SSSR count). The van der Waals surface area contributed by atoms with Crippen molar-refractivity contribution in [2.75, 3.05) is 6.61 Å². The van der Waals surface area contributed by atoms with Crippen LogP contribution in [0.25, 0.3) is 0 Å². The average Bonchev–Trinajstić information content (AvgIpc) is 2.54. The summed E-state index contributed by atoms with van der Waals surface area (Å²) in [5.74, 6) is -0.735. The number of rotatable bonds is 5. The number of benzene rings is 2. The lowest BCUT2D eigenvalue weighted by molar-refractivity contribution is -0.129. The maximum absolute atomic E-state index is 12.8. The zero-order valence-corrected chi connectivity index (χ0v) is 14.5. The second kappa shape index (κ2) is 8.44. The molecular formula is C17H16BrFN2O3. The molecule has 0 saturated heterocycles. The zero-order valence-electron chi connectivity index (χ0n) is 12.9. The van der Waals surface area contributed by atoms with Crippen molar-refractivity contribution in [1.29, 1.82) is 0 Å². The van der Waals surface area contributed by atoms with Crippen molar-refractivity contribution in [2.45, 2.75) is 13.3 Å². The van der Waals surface area contributed by atoms with Gasteiger partial charge in [-0.3, -0.25) is 20.4 Å². The lowest BCUT2D eigenvalue weighted by Crippen LogP contribution is -2.44. The average molecular weight is 395 g/mol. The fraction of sp³-hybridized carbons (Fsp3) is 0.176. The molecule has 0 saturated carbocycles. The largest absolute Gasteiger partial charge is 0.483 e. The van der Waals surface area contributed by atoms with Crippen LogP contribution in [0.3, 0.4) is 0 Å². The molecule has 2 aromatic carbocycles. The molecule has 5 nitrogen and oxygen atoms in total. The molecule has 0 unspecified atom stereocenters. The van der Waals surface area contributed by atoms with E-state index in [0.717, 1.165) is 10.0 Å². The first-order valence-electron chi connectivity index (χ1n) is 7.15. The molecule has 0 aromatic heterocycles. The Morgan fingerprint density at radius 3 is 2.42 bits per heavy atom. The lowest BCUT2D eigenvalue weighted by atomic mass is 10.1. The minimum absolute atomic E-state index is 0.0327. The van der Waals surface area contributed by atoms with Crippen molar-refractivity contribution >= 4 is 27.7 Å². The van der Waals surface area contributed by atoms with Gasteiger partial charge in [0.25, 0.3) is 5.91 Å². The Kier molecular flexibility index (Phi) is 6.31. The van der Waals surface area contributed by atoms with Crippen molar-refractivity contribution in [2.24, 2.45) is 0 Å². The first kappa shape index (κ1) is 17.9. The molecule has 24 heavy (non-hydrogen) atoms. The van der Waals surface area contributed by atoms with E-state index in [1.807, 2.05) is 19.1 Å². The normalized spacial score (nSPS) is 10.1. The van der Waals surface area contributed by atoms with Crippen molar-refractivity contribution in [3.05, 3.63) is 63.9 Å². The summed E-state index contributed by atoms with van der Waals surface area (Å²) < 4.78 is 18.9. The molecule has 0 fully saturated rings. The van der Waals surface area contributed by atoms with Crippen LogP contribution in [0.2, 0.25) is 0 Å². The molecule has 0 aliphatic rings. The smallest absolute Gasteiger partial charge is 0.276 e. The summed E-state index contributed by atoms with van der Waals surface area (Å²) in [6.07, 6.45) is 0.0327. The van der Waals surface area contributed by atoms with Gasteiger partial charge in [-0.15, -0.1) is 0 Å². The summed E-state index contributed by atoms with van der Waals surface area (Å²) in [6, 6.07) is 11.0. The predicted octanol–water partition coefficient (Wildman–Crippen LogP) is 2.67. The van der Waals surface area contributed by atoms with E-state index in [4.69, 9.17) is 4.74 Å². The first-order chi connectivity index (χ1) is 11.4. The van der Waals surface area contributed by atoms with Gasteiger partial charge >= 0.3 is 0 Å². The lowest BCUT2D eigenvalue weighted by Gasteiger charge is -2.10. The number of hydrogen-bond donors (Lipinski definition) is 2. The van der Waals surface area contributed by atoms with Crippen molar-refractivity contribution < 1.29 is 18.7 Å². The van der Waals surface area contributed by atoms with Crippen LogP contribution in [0.1, 0.15) is 11.1 Å². The van der Waals surface area contributed by atoms with E-state index in [0.29, 0.717) is 11.3 Å². The summed E-state index contributed by atoms with van der Waals surface area (Å²) in [5, 5.41) is 0. The van der Waals surface area contributed by atoms with Crippen LogP contribution in [0, 0.1) is 12.7 Å². The summed E-state index contributed by atoms with van der Waals surface area (Å²) in [4.78, 5) is 23.4. The molecule has 0 spiro atoms. The number of nitrogens with one attached hydrogen (secondary N) is 2. The van der Waals surface area contributed by atoms with E-state index in [9.17, 15) is 14.0 Å². The first-order valence-corrected chi connectivity index (χ1v) is 7.94. The van der Waals surface area contributed by atoms with Crippen LogP contribution >= 0.6 is 15.9 Å². The Hall–Kier alpha value is -2.41. The maximum atomic E-state index is 12.8. The van der Waals surface area contributed by atoms with Crippen LogP contribution in [0.4, 0.5) is 4.39 Å². The number of halogens is 2. The Balaban J connectivity index is 1.74. The van der Waals surface area contributed by atoms with Gasteiger partial charge in [-0.2, -0.15) is 0 Å². The second-order valence-electron chi connectivity index (χ2n) is 5.12. The third-order valence-electron chi connectivity index (χ3n) is 3.07. The van der Waals surface area contributed by atoms with E-state index in [1.54, 1.807) is 6.07 Å². The zero-order chi connectivity index (χ0) is 17.5. The van der Waals surface area contributed by atoms with Gasteiger partial charge in [0.1, 0.15) is 11.6 Å². The highest BCUT2D eigenvalue weighted by atomic mass is 79.9. The summed E-state index contributed by atoms with van der Waals surface area (Å²) >= 11 is 3.35. The maximum Gasteiger partial charge on any atom is 0.276 e. The van der Waals surface area contributed by atoms with Gasteiger partial charge in [0.15, 0.2) is 6.61 Å². The van der Waals surface area contributed by atoms with Gasteiger partial charge in [0, 0.05) is 0 Å². The van der Waals surface area contributed by atoms with Gasteiger partial charge in [0.2, 0.25) is 5.91 Å². The SMILES string of the molecule is Cc1ccc(OCC(=O)NNC(=O)Cc2ccc(F)cc2)c(Br)c1. The van der Waals surface area contributed by atoms with Crippen LogP contribution in [0.15, 0.2) is 46.9 Å². The van der Waals surface area contributed by atoms with Gasteiger partial charge in [-0.05, 0) is 58.2 Å². The monoisotopic (exact) mass is 394 g/mol. The predicted molar refractivity (Wildman–Crippen MR) is 90.8 cm³/mol. The molecule has 0 aliphatic carbocycles. The van der Waals surface area contributed by atoms with Crippen LogP contribution < -0.4 is 15.6 Å². The summed E-state index contributed by atoms with van der Waals surface area (Å²) in [6.45, 7) is 1.70. The second-order valence-corrected chi connectivity index (χ2v) is 5.98. The van der Waals surface area contributed by atoms with E-state index < -0.39 is 11.8 Å². The minimum Gasteiger partial charge on any atom is -0.483 e. The molecule has 0 atom stereocenters. The molecule has 2 N–H and O–H groups in total. The summed E-state index contributed by atoms with van der Waals surface area (Å²) in [7, 11) is 0. The van der Waals surface area contributed by atoms with Gasteiger partial charge < -0.3 is 4.74 Å². The summed E-state index contributed by atoms with van der Waals surface area (Å²) in [5.41, 5.74) is 6.25. The quantitative estimate of drug-likeness (QED) is 0.766. The number of carbonyl (C=O) groups excluding carboxylic acids is 2. The van der Waals surface area contributed by atoms with E-state index in [1.165, 1.54) is 24.3 Å². The number of amides is 2. The highest BCUT2D eigenvalue weighted by Crippen LogP contribution is 2.25. The molecule has 0 aliphatic heterocycles. The third-order valence-corrected chi connectivity index (χ3v) is 3.69. The van der Waals surface area contributed by atoms with Crippen LogP contribution in [-0.4, -0.2) is 18.4 Å². The molecular weight excluding hydrogens is 379 g/mol. The van der Waals surface area contributed by atoms with Gasteiger partial charge in [0.05, 0.1) is 10.9 Å². The third kappa shape index (κ3) is 5.66. The van der Waals surface area contributed by atoms with Gasteiger partial charge in [-0.25, -0.2) is 4.39 Å². The Morgan fingerprint density at radius 1 is 1.08 bits per heavy atom. The molecule has 2 aromatic rings. The topological polar surface area (TPSA) is 67.4 Å². The fourth-order valence-corrected chi connectivity index (χ4v) is 2.48. The van der Waals surface area contributed by atoms with Crippen LogP contribution in [-0.2, 0) is 16.0 Å². The molecule has 0 radical (unpaired) electrons. The van der Waals surface area contributed by atoms with E-state index >= 15 is 0 Å². The number of hydrogen-bond acceptors (Lipinski definition) is 3. The van der Waals surface area contributed by atoms with Crippen molar-refractivity contribution in [3.8, 4) is 5.75 Å². The minimum atomic E-state index is -0.491. The van der Waals surface area contributed by atoms with E-state index in [-0.39, 0.29) is 18.8 Å². The Morgan fingerprint density at radius 2 is 1.75 bits per heavy atom. The van der Waals surface area contributed by atoms with E-state index in [2.05, 4.69) is 26.8 Å². The van der Waals surface area contributed by atoms with Gasteiger partial charge in [-0.1, -0.05) is 18.2 Å². The Bertz CT molecular complexity index is 735. The van der Waals surface area contributed by atoms with Crippen molar-refractivity contribution in [3.63, 3.8) is 0 Å². The fourth-order valence-electron chi connectivity index (χ4n) is 1.87. The number of aryl methyl sites for hydroxylation is 1. The molecule has 126 valence electrons. The Labute approximate surface area is 147 Å². The van der Waals surface area contributed by atoms with Crippen molar-refractivity contribution in [1.82, 2.24) is 10.9 Å². The molecule has 2 amide bonds. The molecule has 7 heteroatoms. The number of ether oxygens (including phenoxy) is 1. The highest BCUT2D eigenvalue weighted by molar-refractivity contribution is 9.10. The highest BCUT2D eigenvalue weighted by Gasteiger charge is 2.08. The standard InChI is InChI=1S/C17H16BrFN2O3/c1-11-2-7-15(14(18)8-11)24-10-17(23)21-20-16(22)9-12-3-5-13(19)6-4-12/h2-8H,9-10H2,1H3,(H,20,22)(H,21,23). The number of hydrazine groups is 1.